The van der Waals surface area contributed by atoms with Crippen LogP contribution in [0.4, 0.5) is 0 Å². The second-order valence-electron chi connectivity index (χ2n) is 4.03. The van der Waals surface area contributed by atoms with Gasteiger partial charge in [0.2, 0.25) is 0 Å². The molecule has 0 aromatic rings. The summed E-state index contributed by atoms with van der Waals surface area (Å²) < 4.78 is 0. The first-order valence-corrected chi connectivity index (χ1v) is 5.17. The molecule has 0 radical (unpaired) electrons. The maximum atomic E-state index is 2.77. The van der Waals surface area contributed by atoms with Crippen LogP contribution in [-0.4, -0.2) is 23.5 Å². The van der Waals surface area contributed by atoms with Gasteiger partial charge >= 0.3 is 0 Å². The van der Waals surface area contributed by atoms with E-state index in [-0.39, 0.29) is 0 Å². The fraction of sp³-hybridized carbons (Fsp3) is 1.00. The summed E-state index contributed by atoms with van der Waals surface area (Å²) in [5, 5.41) is 0. The minimum Gasteiger partial charge on any atom is -0.297 e. The van der Waals surface area contributed by atoms with Crippen molar-refractivity contribution >= 4 is 0 Å². The van der Waals surface area contributed by atoms with Gasteiger partial charge in [0.15, 0.2) is 0 Å². The van der Waals surface area contributed by atoms with Crippen molar-refractivity contribution in [2.75, 3.05) is 6.54 Å². The molecule has 2 aliphatic rings. The lowest BCUT2D eigenvalue weighted by molar-refractivity contribution is 0.135. The lowest BCUT2D eigenvalue weighted by Crippen LogP contribution is -2.40. The Morgan fingerprint density at radius 2 is 2.00 bits per heavy atom. The van der Waals surface area contributed by atoms with Crippen molar-refractivity contribution in [3.8, 4) is 0 Å². The number of hydrogen-bond donors (Lipinski definition) is 0. The summed E-state index contributed by atoms with van der Waals surface area (Å²) in [7, 11) is 0. The predicted octanol–water partition coefficient (Wildman–Crippen LogP) is 2.41. The Morgan fingerprint density at radius 1 is 1.18 bits per heavy atom. The van der Waals surface area contributed by atoms with E-state index in [0.29, 0.717) is 0 Å². The summed E-state index contributed by atoms with van der Waals surface area (Å²) in [6.45, 7) is 3.73. The molecule has 2 fully saturated rings. The summed E-state index contributed by atoms with van der Waals surface area (Å²) in [6.07, 6.45) is 8.73. The first-order chi connectivity index (χ1) is 5.42. The van der Waals surface area contributed by atoms with Crippen LogP contribution in [0.25, 0.3) is 0 Å². The smallest absolute Gasteiger partial charge is 0.00993 e. The van der Waals surface area contributed by atoms with E-state index in [9.17, 15) is 0 Å². The highest BCUT2D eigenvalue weighted by molar-refractivity contribution is 4.90. The van der Waals surface area contributed by atoms with E-state index in [1.54, 1.807) is 0 Å². The van der Waals surface area contributed by atoms with E-state index in [1.165, 1.54) is 45.1 Å². The lowest BCUT2D eigenvalue weighted by atomic mass is 10.00. The Morgan fingerprint density at radius 3 is 2.64 bits per heavy atom. The third-order valence-corrected chi connectivity index (χ3v) is 3.16. The monoisotopic (exact) mass is 153 g/mol. The van der Waals surface area contributed by atoms with Crippen LogP contribution in [0.3, 0.4) is 0 Å². The van der Waals surface area contributed by atoms with Gasteiger partial charge in [0.25, 0.3) is 0 Å². The van der Waals surface area contributed by atoms with Crippen molar-refractivity contribution in [2.24, 2.45) is 0 Å². The molecule has 0 amide bonds. The van der Waals surface area contributed by atoms with Crippen LogP contribution in [0.15, 0.2) is 0 Å². The molecule has 1 unspecified atom stereocenters. The minimum absolute atomic E-state index is 0.941. The summed E-state index contributed by atoms with van der Waals surface area (Å²) in [6, 6.07) is 1.94. The molecule has 1 heterocycles. The average molecular weight is 153 g/mol. The fourth-order valence-electron chi connectivity index (χ4n) is 2.35. The van der Waals surface area contributed by atoms with Gasteiger partial charge in [-0.05, 0) is 38.6 Å². The van der Waals surface area contributed by atoms with Gasteiger partial charge in [-0.25, -0.2) is 0 Å². The topological polar surface area (TPSA) is 3.24 Å². The molecule has 11 heavy (non-hydrogen) atoms. The third-order valence-electron chi connectivity index (χ3n) is 3.16. The van der Waals surface area contributed by atoms with Crippen LogP contribution >= 0.6 is 0 Å². The molecule has 1 aliphatic heterocycles. The van der Waals surface area contributed by atoms with Gasteiger partial charge in [-0.2, -0.15) is 0 Å². The predicted molar refractivity (Wildman–Crippen MR) is 47.7 cm³/mol. The van der Waals surface area contributed by atoms with Gasteiger partial charge in [0.05, 0.1) is 0 Å². The Labute approximate surface area is 69.8 Å². The molecule has 1 aliphatic carbocycles. The van der Waals surface area contributed by atoms with Gasteiger partial charge in [-0.15, -0.1) is 0 Å². The molecule has 1 atom stereocenters. The van der Waals surface area contributed by atoms with E-state index in [0.717, 1.165) is 12.1 Å². The second-order valence-corrected chi connectivity index (χ2v) is 4.03. The number of nitrogens with zero attached hydrogens (tertiary/aromatic N) is 1. The Kier molecular flexibility index (Phi) is 2.17. The van der Waals surface area contributed by atoms with E-state index >= 15 is 0 Å². The average Bonchev–Trinajstić information content (AvgIpc) is 2.87. The number of likely N-dealkylation sites (tertiary alicyclic amines) is 1. The highest BCUT2D eigenvalue weighted by Crippen LogP contribution is 2.33. The highest BCUT2D eigenvalue weighted by Gasteiger charge is 2.34. The molecule has 2 rings (SSSR count). The van der Waals surface area contributed by atoms with Crippen LogP contribution in [0.2, 0.25) is 0 Å². The molecule has 0 N–H and O–H groups in total. The van der Waals surface area contributed by atoms with Crippen LogP contribution in [-0.2, 0) is 0 Å². The zero-order valence-electron chi connectivity index (χ0n) is 7.55. The zero-order chi connectivity index (χ0) is 7.68. The van der Waals surface area contributed by atoms with Crippen molar-refractivity contribution in [1.82, 2.24) is 4.90 Å². The van der Waals surface area contributed by atoms with Gasteiger partial charge in [0, 0.05) is 12.1 Å². The molecule has 0 aromatic heterocycles. The van der Waals surface area contributed by atoms with Crippen LogP contribution in [0.1, 0.15) is 45.4 Å². The van der Waals surface area contributed by atoms with Gasteiger partial charge in [-0.3, -0.25) is 4.90 Å². The molecular weight excluding hydrogens is 134 g/mol. The van der Waals surface area contributed by atoms with Gasteiger partial charge in [0.1, 0.15) is 0 Å². The highest BCUT2D eigenvalue weighted by atomic mass is 15.2. The zero-order valence-corrected chi connectivity index (χ0v) is 7.55. The Balaban J connectivity index is 1.91. The summed E-state index contributed by atoms with van der Waals surface area (Å²) >= 11 is 0. The maximum absolute atomic E-state index is 2.77. The van der Waals surface area contributed by atoms with E-state index in [1.807, 2.05) is 0 Å². The van der Waals surface area contributed by atoms with Crippen molar-refractivity contribution in [1.29, 1.82) is 0 Å². The summed E-state index contributed by atoms with van der Waals surface area (Å²) in [5.74, 6) is 0. The second kappa shape index (κ2) is 3.14. The Bertz CT molecular complexity index is 129. The minimum atomic E-state index is 0.941. The molecule has 1 nitrogen and oxygen atoms in total. The fourth-order valence-corrected chi connectivity index (χ4v) is 2.35. The van der Waals surface area contributed by atoms with Crippen LogP contribution in [0.5, 0.6) is 0 Å². The first kappa shape index (κ1) is 7.60. The quantitative estimate of drug-likeness (QED) is 0.589. The van der Waals surface area contributed by atoms with E-state index < -0.39 is 0 Å². The molecule has 1 heteroatoms. The van der Waals surface area contributed by atoms with E-state index in [4.69, 9.17) is 0 Å². The number of rotatable bonds is 2. The van der Waals surface area contributed by atoms with Gasteiger partial charge in [-0.1, -0.05) is 13.3 Å². The van der Waals surface area contributed by atoms with Crippen molar-refractivity contribution < 1.29 is 0 Å². The van der Waals surface area contributed by atoms with E-state index in [2.05, 4.69) is 11.8 Å². The molecule has 0 aromatic carbocycles. The van der Waals surface area contributed by atoms with Crippen LogP contribution in [0, 0.1) is 0 Å². The summed E-state index contributed by atoms with van der Waals surface area (Å²) in [5.41, 5.74) is 0. The third kappa shape index (κ3) is 1.58. The molecule has 1 saturated heterocycles. The molecule has 64 valence electrons. The maximum Gasteiger partial charge on any atom is 0.00993 e. The summed E-state index contributed by atoms with van der Waals surface area (Å²) in [4.78, 5) is 2.77. The molecule has 0 bridgehead atoms. The molecule has 1 saturated carbocycles. The van der Waals surface area contributed by atoms with Crippen LogP contribution < -0.4 is 0 Å². The normalized spacial score (nSPS) is 34.1. The first-order valence-electron chi connectivity index (χ1n) is 5.17. The van der Waals surface area contributed by atoms with Gasteiger partial charge < -0.3 is 0 Å². The molecular formula is C10H19N. The van der Waals surface area contributed by atoms with Crippen molar-refractivity contribution in [2.45, 2.75) is 57.5 Å². The SMILES string of the molecule is CCC1CCCCN1C1CC1. The number of hydrogen-bond acceptors (Lipinski definition) is 1. The number of piperidine rings is 1. The molecule has 0 spiro atoms. The largest absolute Gasteiger partial charge is 0.297 e. The van der Waals surface area contributed by atoms with Crippen molar-refractivity contribution in [3.63, 3.8) is 0 Å². The lowest BCUT2D eigenvalue weighted by Gasteiger charge is -2.35. The standard InChI is InChI=1S/C10H19N/c1-2-9-5-3-4-8-11(9)10-6-7-10/h9-10H,2-8H2,1H3. The van der Waals surface area contributed by atoms with Crippen molar-refractivity contribution in [3.05, 3.63) is 0 Å². The Hall–Kier alpha value is -0.0400.